The first-order valence-corrected chi connectivity index (χ1v) is 6.43. The van der Waals surface area contributed by atoms with E-state index in [1.165, 1.54) is 6.07 Å². The summed E-state index contributed by atoms with van der Waals surface area (Å²) in [5.74, 6) is -1.64. The molecule has 100 valence electrons. The molecular formula is C12H15BrF2N2O. The normalized spacial score (nSPS) is 12.1. The number of amides is 1. The van der Waals surface area contributed by atoms with Crippen LogP contribution in [0.1, 0.15) is 20.3 Å². The van der Waals surface area contributed by atoms with Crippen molar-refractivity contribution >= 4 is 27.5 Å². The lowest BCUT2D eigenvalue weighted by molar-refractivity contribution is -0.121. The maximum absolute atomic E-state index is 13.5. The number of anilines is 1. The van der Waals surface area contributed by atoms with Crippen molar-refractivity contribution in [1.29, 1.82) is 0 Å². The van der Waals surface area contributed by atoms with E-state index in [1.807, 2.05) is 6.92 Å². The maximum Gasteiger partial charge on any atom is 0.242 e. The van der Waals surface area contributed by atoms with Crippen molar-refractivity contribution in [3.05, 3.63) is 28.2 Å². The fourth-order valence-corrected chi connectivity index (χ4v) is 1.68. The van der Waals surface area contributed by atoms with E-state index in [1.54, 1.807) is 6.92 Å². The first-order valence-electron chi connectivity index (χ1n) is 5.64. The molecule has 0 spiro atoms. The average Bonchev–Trinajstić information content (AvgIpc) is 2.32. The van der Waals surface area contributed by atoms with Gasteiger partial charge in [0.2, 0.25) is 5.91 Å². The molecule has 1 rings (SSSR count). The zero-order valence-electron chi connectivity index (χ0n) is 10.2. The van der Waals surface area contributed by atoms with Crippen molar-refractivity contribution in [2.45, 2.75) is 26.3 Å². The summed E-state index contributed by atoms with van der Waals surface area (Å²) in [7, 11) is 0. The first kappa shape index (κ1) is 14.9. The van der Waals surface area contributed by atoms with E-state index in [2.05, 4.69) is 26.6 Å². The van der Waals surface area contributed by atoms with Crippen molar-refractivity contribution in [3.63, 3.8) is 0 Å². The summed E-state index contributed by atoms with van der Waals surface area (Å²) in [5, 5.41) is 5.39. The van der Waals surface area contributed by atoms with Gasteiger partial charge in [0.05, 0.1) is 10.2 Å². The number of benzene rings is 1. The Hall–Kier alpha value is -1.17. The summed E-state index contributed by atoms with van der Waals surface area (Å²) in [6.07, 6.45) is 0.828. The van der Waals surface area contributed by atoms with Gasteiger partial charge in [0, 0.05) is 12.6 Å². The van der Waals surface area contributed by atoms with E-state index in [9.17, 15) is 13.6 Å². The highest BCUT2D eigenvalue weighted by Gasteiger charge is 2.15. The zero-order valence-corrected chi connectivity index (χ0v) is 11.8. The predicted molar refractivity (Wildman–Crippen MR) is 70.4 cm³/mol. The number of rotatable bonds is 5. The molecular weight excluding hydrogens is 306 g/mol. The Kier molecular flexibility index (Phi) is 5.53. The second kappa shape index (κ2) is 6.68. The number of carbonyl (C=O) groups is 1. The molecule has 6 heteroatoms. The van der Waals surface area contributed by atoms with Gasteiger partial charge >= 0.3 is 0 Å². The molecule has 1 aromatic carbocycles. The third-order valence-electron chi connectivity index (χ3n) is 2.32. The molecule has 0 fully saturated rings. The summed E-state index contributed by atoms with van der Waals surface area (Å²) in [6.45, 7) is 4.12. The van der Waals surface area contributed by atoms with Crippen molar-refractivity contribution in [3.8, 4) is 0 Å². The molecule has 0 bridgehead atoms. The monoisotopic (exact) mass is 320 g/mol. The number of carbonyl (C=O) groups excluding carboxylic acids is 1. The number of hydrogen-bond acceptors (Lipinski definition) is 2. The van der Waals surface area contributed by atoms with Crippen molar-refractivity contribution < 1.29 is 13.6 Å². The van der Waals surface area contributed by atoms with Gasteiger partial charge in [-0.15, -0.1) is 0 Å². The minimum atomic E-state index is -0.731. The number of hydrogen-bond donors (Lipinski definition) is 2. The Bertz CT molecular complexity index is 440. The molecule has 1 aromatic rings. The largest absolute Gasteiger partial charge is 0.371 e. The maximum atomic E-state index is 13.5. The van der Waals surface area contributed by atoms with Gasteiger partial charge in [0.15, 0.2) is 0 Å². The van der Waals surface area contributed by atoms with Gasteiger partial charge < -0.3 is 10.6 Å². The molecule has 0 aliphatic heterocycles. The first-order chi connectivity index (χ1) is 8.45. The van der Waals surface area contributed by atoms with Gasteiger partial charge in [0.25, 0.3) is 0 Å². The van der Waals surface area contributed by atoms with Gasteiger partial charge in [-0.25, -0.2) is 8.78 Å². The molecule has 0 radical (unpaired) electrons. The lowest BCUT2D eigenvalue weighted by atomic mass is 10.2. The van der Waals surface area contributed by atoms with Gasteiger partial charge in [-0.2, -0.15) is 0 Å². The van der Waals surface area contributed by atoms with Crippen LogP contribution >= 0.6 is 15.9 Å². The second-order valence-electron chi connectivity index (χ2n) is 3.90. The second-order valence-corrected chi connectivity index (χ2v) is 4.76. The fraction of sp³-hybridized carbons (Fsp3) is 0.417. The van der Waals surface area contributed by atoms with Crippen LogP contribution in [0, 0.1) is 11.6 Å². The highest BCUT2D eigenvalue weighted by atomic mass is 79.9. The Morgan fingerprint density at radius 2 is 2.06 bits per heavy atom. The molecule has 2 N–H and O–H groups in total. The molecule has 0 saturated heterocycles. The molecule has 1 amide bonds. The molecule has 0 saturated carbocycles. The third-order valence-corrected chi connectivity index (χ3v) is 2.93. The highest BCUT2D eigenvalue weighted by Crippen LogP contribution is 2.24. The SMILES string of the molecule is CCCNC(=O)C(C)Nc1cc(Br)c(F)cc1F. The third kappa shape index (κ3) is 3.94. The molecule has 1 unspecified atom stereocenters. The van der Waals surface area contributed by atoms with E-state index in [4.69, 9.17) is 0 Å². The van der Waals surface area contributed by atoms with Crippen LogP contribution < -0.4 is 10.6 Å². The molecule has 0 aromatic heterocycles. The quantitative estimate of drug-likeness (QED) is 0.819. The van der Waals surface area contributed by atoms with Crippen LogP contribution in [0.2, 0.25) is 0 Å². The standard InChI is InChI=1S/C12H15BrF2N2O/c1-3-4-16-12(18)7(2)17-11-5-8(13)9(14)6-10(11)15/h5-7,17H,3-4H2,1-2H3,(H,16,18). The van der Waals surface area contributed by atoms with Crippen LogP contribution in [-0.2, 0) is 4.79 Å². The minimum absolute atomic E-state index is 0.0856. The molecule has 0 heterocycles. The van der Waals surface area contributed by atoms with Crippen LogP contribution in [0.5, 0.6) is 0 Å². The average molecular weight is 321 g/mol. The highest BCUT2D eigenvalue weighted by molar-refractivity contribution is 9.10. The van der Waals surface area contributed by atoms with Crippen molar-refractivity contribution in [2.24, 2.45) is 0 Å². The Morgan fingerprint density at radius 1 is 1.39 bits per heavy atom. The minimum Gasteiger partial charge on any atom is -0.371 e. The van der Waals surface area contributed by atoms with Gasteiger partial charge in [0.1, 0.15) is 17.7 Å². The fourth-order valence-electron chi connectivity index (χ4n) is 1.33. The molecule has 1 atom stereocenters. The van der Waals surface area contributed by atoms with Crippen molar-refractivity contribution in [1.82, 2.24) is 5.32 Å². The summed E-state index contributed by atoms with van der Waals surface area (Å²) < 4.78 is 26.6. The Balaban J connectivity index is 2.72. The summed E-state index contributed by atoms with van der Waals surface area (Å²) in [6, 6.07) is 1.44. The molecule has 18 heavy (non-hydrogen) atoms. The summed E-state index contributed by atoms with van der Waals surface area (Å²) in [4.78, 5) is 11.6. The van der Waals surface area contributed by atoms with Crippen LogP contribution in [0.3, 0.4) is 0 Å². The summed E-state index contributed by atoms with van der Waals surface area (Å²) in [5.41, 5.74) is 0.0856. The Labute approximate surface area is 113 Å². The van der Waals surface area contributed by atoms with E-state index < -0.39 is 17.7 Å². The lowest BCUT2D eigenvalue weighted by Crippen LogP contribution is -2.38. The van der Waals surface area contributed by atoms with E-state index in [-0.39, 0.29) is 16.1 Å². The zero-order chi connectivity index (χ0) is 13.7. The van der Waals surface area contributed by atoms with Crippen LogP contribution in [0.25, 0.3) is 0 Å². The smallest absolute Gasteiger partial charge is 0.242 e. The van der Waals surface area contributed by atoms with E-state index >= 15 is 0 Å². The Morgan fingerprint density at radius 3 is 2.67 bits per heavy atom. The van der Waals surface area contributed by atoms with Crippen LogP contribution in [-0.4, -0.2) is 18.5 Å². The molecule has 0 aliphatic rings. The molecule has 3 nitrogen and oxygen atoms in total. The lowest BCUT2D eigenvalue weighted by Gasteiger charge is -2.16. The van der Waals surface area contributed by atoms with Crippen LogP contribution in [0.15, 0.2) is 16.6 Å². The molecule has 0 aliphatic carbocycles. The number of nitrogens with one attached hydrogen (secondary N) is 2. The van der Waals surface area contributed by atoms with E-state index in [0.29, 0.717) is 6.54 Å². The van der Waals surface area contributed by atoms with Crippen LogP contribution in [0.4, 0.5) is 14.5 Å². The number of halogens is 3. The summed E-state index contributed by atoms with van der Waals surface area (Å²) >= 11 is 2.97. The van der Waals surface area contributed by atoms with Gasteiger partial charge in [-0.3, -0.25) is 4.79 Å². The van der Waals surface area contributed by atoms with Gasteiger partial charge in [-0.05, 0) is 35.3 Å². The predicted octanol–water partition coefficient (Wildman–Crippen LogP) is 3.05. The van der Waals surface area contributed by atoms with Crippen molar-refractivity contribution in [2.75, 3.05) is 11.9 Å². The van der Waals surface area contributed by atoms with Gasteiger partial charge in [-0.1, -0.05) is 6.92 Å². The van der Waals surface area contributed by atoms with E-state index in [0.717, 1.165) is 12.5 Å². The topological polar surface area (TPSA) is 41.1 Å².